The fourth-order valence-corrected chi connectivity index (χ4v) is 5.41. The summed E-state index contributed by atoms with van der Waals surface area (Å²) in [5.74, 6) is 5.95. The second-order valence-corrected chi connectivity index (χ2v) is 11.1. The lowest BCUT2D eigenvalue weighted by molar-refractivity contribution is -0.124. The summed E-state index contributed by atoms with van der Waals surface area (Å²) in [6, 6.07) is -0.0989. The van der Waals surface area contributed by atoms with Crippen LogP contribution in [0.4, 0.5) is 5.69 Å². The molecule has 0 atom stereocenters. The van der Waals surface area contributed by atoms with Gasteiger partial charge in [-0.1, -0.05) is 18.8 Å². The number of carbonyl (C=O) groups is 2. The van der Waals surface area contributed by atoms with Crippen LogP contribution >= 0.6 is 11.3 Å². The van der Waals surface area contributed by atoms with Crippen LogP contribution in [0.25, 0.3) is 0 Å². The normalized spacial score (nSPS) is 26.6. The van der Waals surface area contributed by atoms with E-state index in [4.69, 9.17) is 0 Å². The second-order valence-electron chi connectivity index (χ2n) is 10.3. The third-order valence-corrected chi connectivity index (χ3v) is 7.36. The van der Waals surface area contributed by atoms with Crippen molar-refractivity contribution in [1.29, 1.82) is 0 Å². The van der Waals surface area contributed by atoms with Gasteiger partial charge in [-0.05, 0) is 78.1 Å². The van der Waals surface area contributed by atoms with Gasteiger partial charge >= 0.3 is 5.97 Å². The number of thiophene rings is 1. The number of aliphatic hydroxyl groups is 1. The number of carboxylic acid groups (broad SMARTS) is 1. The standard InChI is InChI=1S/C25H35NO4S/c1-16-5-7-17(8-6-16)23(28)26(19-9-11-20(27)12-10-19)21-18(13-14-25(2,3)4)15-31-22(21)24(29)30/h15-17,19-20,27H,5-12H2,1-4H3,(H,29,30). The predicted molar refractivity (Wildman–Crippen MR) is 124 cm³/mol. The molecule has 0 spiro atoms. The Morgan fingerprint density at radius 2 is 1.68 bits per heavy atom. The monoisotopic (exact) mass is 445 g/mol. The van der Waals surface area contributed by atoms with Crippen LogP contribution in [0, 0.1) is 29.1 Å². The van der Waals surface area contributed by atoms with Gasteiger partial charge in [0.1, 0.15) is 4.88 Å². The number of aliphatic hydroxyl groups excluding tert-OH is 1. The molecule has 31 heavy (non-hydrogen) atoms. The van der Waals surface area contributed by atoms with Crippen LogP contribution in [0.2, 0.25) is 0 Å². The molecule has 1 heterocycles. The smallest absolute Gasteiger partial charge is 0.348 e. The summed E-state index contributed by atoms with van der Waals surface area (Å²) in [5, 5.41) is 21.7. The Kier molecular flexibility index (Phi) is 7.49. The maximum absolute atomic E-state index is 13.8. The number of rotatable bonds is 4. The first-order valence-electron chi connectivity index (χ1n) is 11.5. The van der Waals surface area contributed by atoms with Gasteiger partial charge in [-0.3, -0.25) is 4.79 Å². The van der Waals surface area contributed by atoms with Gasteiger partial charge in [-0.15, -0.1) is 11.3 Å². The summed E-state index contributed by atoms with van der Waals surface area (Å²) in [5.41, 5.74) is 0.867. The van der Waals surface area contributed by atoms with Crippen molar-refractivity contribution >= 4 is 28.9 Å². The molecule has 0 unspecified atom stereocenters. The quantitative estimate of drug-likeness (QED) is 0.616. The molecule has 0 aromatic carbocycles. The summed E-state index contributed by atoms with van der Waals surface area (Å²) < 4.78 is 0. The molecule has 3 rings (SSSR count). The van der Waals surface area contributed by atoms with Gasteiger partial charge in [-0.2, -0.15) is 0 Å². The van der Waals surface area contributed by atoms with E-state index in [9.17, 15) is 19.8 Å². The van der Waals surface area contributed by atoms with Crippen molar-refractivity contribution in [2.24, 2.45) is 17.3 Å². The van der Waals surface area contributed by atoms with E-state index in [1.165, 1.54) is 0 Å². The average molecular weight is 446 g/mol. The summed E-state index contributed by atoms with van der Waals surface area (Å²) in [6.07, 6.45) is 6.03. The number of carbonyl (C=O) groups excluding carboxylic acids is 1. The van der Waals surface area contributed by atoms with E-state index in [0.717, 1.165) is 37.0 Å². The lowest BCUT2D eigenvalue weighted by Gasteiger charge is -2.39. The fourth-order valence-electron chi connectivity index (χ4n) is 4.58. The Labute approximate surface area is 189 Å². The number of hydrogen-bond donors (Lipinski definition) is 2. The molecule has 5 nitrogen and oxygen atoms in total. The SMILES string of the molecule is CC1CCC(C(=O)N(c2c(C#CC(C)(C)C)csc2C(=O)O)C2CCC(O)CC2)CC1. The fraction of sp³-hybridized carbons (Fsp3) is 0.680. The van der Waals surface area contributed by atoms with Gasteiger partial charge in [0.2, 0.25) is 5.91 Å². The minimum absolute atomic E-state index is 0.0352. The van der Waals surface area contributed by atoms with Crippen molar-refractivity contribution in [3.05, 3.63) is 15.8 Å². The summed E-state index contributed by atoms with van der Waals surface area (Å²) in [6.45, 7) is 8.26. The third kappa shape index (κ3) is 5.90. The van der Waals surface area contributed by atoms with Crippen LogP contribution in [0.15, 0.2) is 5.38 Å². The molecule has 6 heteroatoms. The van der Waals surface area contributed by atoms with Crippen LogP contribution in [-0.4, -0.2) is 34.2 Å². The van der Waals surface area contributed by atoms with Crippen molar-refractivity contribution in [3.8, 4) is 11.8 Å². The average Bonchev–Trinajstić information content (AvgIpc) is 3.12. The van der Waals surface area contributed by atoms with E-state index >= 15 is 0 Å². The molecule has 2 aliphatic carbocycles. The Morgan fingerprint density at radius 1 is 1.06 bits per heavy atom. The molecule has 1 aromatic heterocycles. The van der Waals surface area contributed by atoms with Crippen LogP contribution in [-0.2, 0) is 4.79 Å². The summed E-state index contributed by atoms with van der Waals surface area (Å²) in [4.78, 5) is 27.9. The van der Waals surface area contributed by atoms with Crippen LogP contribution < -0.4 is 4.90 Å². The molecular weight excluding hydrogens is 410 g/mol. The number of carboxylic acids is 1. The van der Waals surface area contributed by atoms with E-state index in [0.29, 0.717) is 42.9 Å². The van der Waals surface area contributed by atoms with E-state index < -0.39 is 5.97 Å². The van der Waals surface area contributed by atoms with Gasteiger partial charge in [0.15, 0.2) is 0 Å². The van der Waals surface area contributed by atoms with Gasteiger partial charge in [0.25, 0.3) is 0 Å². The van der Waals surface area contributed by atoms with E-state index in [1.807, 2.05) is 20.8 Å². The van der Waals surface area contributed by atoms with Crippen molar-refractivity contribution in [3.63, 3.8) is 0 Å². The lowest BCUT2D eigenvalue weighted by Crippen LogP contribution is -2.47. The summed E-state index contributed by atoms with van der Waals surface area (Å²) >= 11 is 1.15. The zero-order chi connectivity index (χ0) is 22.8. The van der Waals surface area contributed by atoms with Crippen molar-refractivity contribution in [2.75, 3.05) is 4.90 Å². The van der Waals surface area contributed by atoms with Gasteiger partial charge in [0, 0.05) is 22.8 Å². The first-order chi connectivity index (χ1) is 14.6. The van der Waals surface area contributed by atoms with Crippen LogP contribution in [0.1, 0.15) is 94.3 Å². The first-order valence-corrected chi connectivity index (χ1v) is 12.3. The molecule has 2 aliphatic rings. The Bertz CT molecular complexity index is 856. The highest BCUT2D eigenvalue weighted by Crippen LogP contribution is 2.39. The lowest BCUT2D eigenvalue weighted by atomic mass is 9.81. The first kappa shape index (κ1) is 23.8. The molecule has 0 saturated heterocycles. The van der Waals surface area contributed by atoms with E-state index in [2.05, 4.69) is 18.8 Å². The van der Waals surface area contributed by atoms with Crippen molar-refractivity contribution in [2.45, 2.75) is 91.2 Å². The molecule has 1 aromatic rings. The summed E-state index contributed by atoms with van der Waals surface area (Å²) in [7, 11) is 0. The number of aromatic carboxylic acids is 1. The molecule has 1 amide bonds. The second kappa shape index (κ2) is 9.75. The number of amides is 1. The highest BCUT2D eigenvalue weighted by atomic mass is 32.1. The maximum Gasteiger partial charge on any atom is 0.348 e. The molecule has 0 bridgehead atoms. The van der Waals surface area contributed by atoms with Gasteiger partial charge in [0.05, 0.1) is 17.4 Å². The molecule has 2 saturated carbocycles. The Morgan fingerprint density at radius 3 is 2.23 bits per heavy atom. The maximum atomic E-state index is 13.8. The number of nitrogens with zero attached hydrogens (tertiary/aromatic N) is 1. The zero-order valence-electron chi connectivity index (χ0n) is 19.1. The van der Waals surface area contributed by atoms with Crippen molar-refractivity contribution < 1.29 is 19.8 Å². The molecule has 170 valence electrons. The van der Waals surface area contributed by atoms with Gasteiger partial charge < -0.3 is 15.1 Å². The molecular formula is C25H35NO4S. The van der Waals surface area contributed by atoms with Crippen LogP contribution in [0.3, 0.4) is 0 Å². The third-order valence-electron chi connectivity index (χ3n) is 6.41. The van der Waals surface area contributed by atoms with E-state index in [-0.39, 0.29) is 34.3 Å². The minimum Gasteiger partial charge on any atom is -0.477 e. The Hall–Kier alpha value is -1.84. The molecule has 0 radical (unpaired) electrons. The number of hydrogen-bond acceptors (Lipinski definition) is 4. The van der Waals surface area contributed by atoms with E-state index in [1.54, 1.807) is 10.3 Å². The molecule has 2 fully saturated rings. The topological polar surface area (TPSA) is 77.8 Å². The molecule has 2 N–H and O–H groups in total. The van der Waals surface area contributed by atoms with Gasteiger partial charge in [-0.25, -0.2) is 4.79 Å². The largest absolute Gasteiger partial charge is 0.477 e. The van der Waals surface area contributed by atoms with Crippen LogP contribution in [0.5, 0.6) is 0 Å². The molecule has 0 aliphatic heterocycles. The van der Waals surface area contributed by atoms with Crippen molar-refractivity contribution in [1.82, 2.24) is 0 Å². The number of anilines is 1. The Balaban J connectivity index is 2.05. The zero-order valence-corrected chi connectivity index (χ0v) is 19.9. The predicted octanol–water partition coefficient (Wildman–Crippen LogP) is 5.31. The highest BCUT2D eigenvalue weighted by molar-refractivity contribution is 7.12. The minimum atomic E-state index is -1.02. The highest BCUT2D eigenvalue weighted by Gasteiger charge is 2.38.